The van der Waals surface area contributed by atoms with Gasteiger partial charge in [-0.15, -0.1) is 12.4 Å². The summed E-state index contributed by atoms with van der Waals surface area (Å²) in [7, 11) is 0. The second-order valence-corrected chi connectivity index (χ2v) is 6.07. The van der Waals surface area contributed by atoms with Gasteiger partial charge >= 0.3 is 0 Å². The van der Waals surface area contributed by atoms with Crippen molar-refractivity contribution in [3.8, 4) is 0 Å². The molecule has 1 saturated heterocycles. The molecule has 2 amide bonds. The highest BCUT2D eigenvalue weighted by Crippen LogP contribution is 2.22. The van der Waals surface area contributed by atoms with Crippen molar-refractivity contribution in [3.05, 3.63) is 34.3 Å². The Morgan fingerprint density at radius 2 is 2.17 bits per heavy atom. The van der Waals surface area contributed by atoms with Gasteiger partial charge in [0.15, 0.2) is 0 Å². The molecule has 5 nitrogen and oxygen atoms in total. The molecule has 1 heterocycles. The molecule has 1 unspecified atom stereocenters. The molecule has 2 rings (SSSR count). The van der Waals surface area contributed by atoms with Crippen LogP contribution in [0.1, 0.15) is 28.8 Å². The molecule has 23 heavy (non-hydrogen) atoms. The fraction of sp³-hybridized carbons (Fsp3) is 0.500. The van der Waals surface area contributed by atoms with Crippen LogP contribution in [0.3, 0.4) is 0 Å². The Kier molecular flexibility index (Phi) is 7.82. The lowest BCUT2D eigenvalue weighted by Gasteiger charge is -2.32. The van der Waals surface area contributed by atoms with Gasteiger partial charge < -0.3 is 16.0 Å². The Morgan fingerprint density at radius 3 is 2.87 bits per heavy atom. The van der Waals surface area contributed by atoms with Gasteiger partial charge in [-0.3, -0.25) is 9.59 Å². The summed E-state index contributed by atoms with van der Waals surface area (Å²) >= 11 is 5.99. The summed E-state index contributed by atoms with van der Waals surface area (Å²) in [6.07, 6.45) is 1.63. The molecular weight excluding hydrogens is 337 g/mol. The maximum Gasteiger partial charge on any atom is 0.254 e. The molecule has 0 radical (unpaired) electrons. The van der Waals surface area contributed by atoms with Crippen molar-refractivity contribution in [1.29, 1.82) is 0 Å². The molecule has 1 aromatic rings. The van der Waals surface area contributed by atoms with Gasteiger partial charge in [0.25, 0.3) is 5.91 Å². The zero-order valence-electron chi connectivity index (χ0n) is 13.2. The van der Waals surface area contributed by atoms with Crippen LogP contribution in [0.4, 0.5) is 0 Å². The third kappa shape index (κ3) is 5.09. The predicted octanol–water partition coefficient (Wildman–Crippen LogP) is 2.00. The van der Waals surface area contributed by atoms with E-state index in [1.165, 1.54) is 0 Å². The minimum atomic E-state index is -0.163. The zero-order chi connectivity index (χ0) is 16.1. The third-order valence-corrected chi connectivity index (χ3v) is 4.19. The number of nitrogens with two attached hydrogens (primary N) is 1. The van der Waals surface area contributed by atoms with E-state index in [9.17, 15) is 9.59 Å². The summed E-state index contributed by atoms with van der Waals surface area (Å²) < 4.78 is 0. The number of amides is 2. The largest absolute Gasteiger partial charge is 0.355 e. The fourth-order valence-corrected chi connectivity index (χ4v) is 2.88. The second kappa shape index (κ2) is 9.11. The topological polar surface area (TPSA) is 75.4 Å². The van der Waals surface area contributed by atoms with Crippen molar-refractivity contribution in [2.45, 2.75) is 19.8 Å². The van der Waals surface area contributed by atoms with Gasteiger partial charge in [0.1, 0.15) is 0 Å². The van der Waals surface area contributed by atoms with Crippen LogP contribution in [0.15, 0.2) is 18.2 Å². The predicted molar refractivity (Wildman–Crippen MR) is 94.1 cm³/mol. The van der Waals surface area contributed by atoms with E-state index < -0.39 is 0 Å². The summed E-state index contributed by atoms with van der Waals surface area (Å²) in [5.74, 6) is -0.245. The highest BCUT2D eigenvalue weighted by Gasteiger charge is 2.29. The quantitative estimate of drug-likeness (QED) is 0.862. The molecule has 7 heteroatoms. The summed E-state index contributed by atoms with van der Waals surface area (Å²) in [6.45, 7) is 3.89. The first-order valence-corrected chi connectivity index (χ1v) is 7.94. The zero-order valence-corrected chi connectivity index (χ0v) is 14.8. The Labute approximate surface area is 148 Å². The molecule has 128 valence electrons. The number of halogens is 2. The molecule has 0 aliphatic carbocycles. The molecule has 3 N–H and O–H groups in total. The Morgan fingerprint density at radius 1 is 1.43 bits per heavy atom. The molecule has 0 bridgehead atoms. The van der Waals surface area contributed by atoms with E-state index in [4.69, 9.17) is 17.3 Å². The van der Waals surface area contributed by atoms with Gasteiger partial charge in [-0.1, -0.05) is 17.7 Å². The van der Waals surface area contributed by atoms with Gasteiger partial charge in [0.2, 0.25) is 5.91 Å². The smallest absolute Gasteiger partial charge is 0.254 e. The number of aryl methyl sites for hydroxylation is 1. The Bertz CT molecular complexity index is 566. The van der Waals surface area contributed by atoms with Crippen molar-refractivity contribution in [2.24, 2.45) is 11.7 Å². The molecule has 0 aromatic heterocycles. The minimum absolute atomic E-state index is 0. The van der Waals surface area contributed by atoms with Crippen LogP contribution in [-0.2, 0) is 4.79 Å². The second-order valence-electron chi connectivity index (χ2n) is 5.63. The Balaban J connectivity index is 0.00000264. The number of benzene rings is 1. The molecule has 1 fully saturated rings. The van der Waals surface area contributed by atoms with E-state index in [0.29, 0.717) is 36.8 Å². The molecule has 0 saturated carbocycles. The minimum Gasteiger partial charge on any atom is -0.355 e. The third-order valence-electron chi connectivity index (χ3n) is 3.95. The van der Waals surface area contributed by atoms with Crippen LogP contribution in [0.5, 0.6) is 0 Å². The number of rotatable bonds is 4. The van der Waals surface area contributed by atoms with Crippen molar-refractivity contribution < 1.29 is 9.59 Å². The van der Waals surface area contributed by atoms with Crippen LogP contribution in [0.25, 0.3) is 0 Å². The lowest BCUT2D eigenvalue weighted by molar-refractivity contribution is -0.126. The van der Waals surface area contributed by atoms with E-state index >= 15 is 0 Å². The lowest BCUT2D eigenvalue weighted by Crippen LogP contribution is -2.46. The highest BCUT2D eigenvalue weighted by atomic mass is 35.5. The molecular formula is C16H23Cl2N3O2. The van der Waals surface area contributed by atoms with Crippen LogP contribution in [0, 0.1) is 12.8 Å². The molecule has 1 aliphatic rings. The number of piperidine rings is 1. The van der Waals surface area contributed by atoms with E-state index in [1.807, 2.05) is 13.0 Å². The average molecular weight is 360 g/mol. The van der Waals surface area contributed by atoms with Crippen LogP contribution < -0.4 is 11.1 Å². The number of hydrogen-bond donors (Lipinski definition) is 2. The average Bonchev–Trinajstić information content (AvgIpc) is 2.54. The van der Waals surface area contributed by atoms with Gasteiger partial charge in [0, 0.05) is 36.8 Å². The summed E-state index contributed by atoms with van der Waals surface area (Å²) in [4.78, 5) is 26.5. The van der Waals surface area contributed by atoms with E-state index in [0.717, 1.165) is 18.4 Å². The van der Waals surface area contributed by atoms with Crippen LogP contribution in [-0.4, -0.2) is 42.9 Å². The van der Waals surface area contributed by atoms with Gasteiger partial charge in [-0.2, -0.15) is 0 Å². The standard InChI is InChI=1S/C16H22ClN3O2.ClH/c1-11-4-5-13(17)9-14(11)16(22)20-8-2-3-12(10-20)15(21)19-7-6-18;/h4-5,9,12H,2-3,6-8,10,18H2,1H3,(H,19,21);1H. The molecule has 1 aromatic carbocycles. The SMILES string of the molecule is Cc1ccc(Cl)cc1C(=O)N1CCCC(C(=O)NCCN)C1.Cl. The van der Waals surface area contributed by atoms with Gasteiger partial charge in [0.05, 0.1) is 5.92 Å². The summed E-state index contributed by atoms with van der Waals surface area (Å²) in [6, 6.07) is 5.30. The normalized spacial score (nSPS) is 17.3. The maximum atomic E-state index is 12.7. The summed E-state index contributed by atoms with van der Waals surface area (Å²) in [5, 5.41) is 3.34. The lowest BCUT2D eigenvalue weighted by atomic mass is 9.96. The number of nitrogens with one attached hydrogen (secondary N) is 1. The number of hydrogen-bond acceptors (Lipinski definition) is 3. The first kappa shape index (κ1) is 19.7. The molecule has 1 atom stereocenters. The highest BCUT2D eigenvalue weighted by molar-refractivity contribution is 6.31. The van der Waals surface area contributed by atoms with Crippen LogP contribution >= 0.6 is 24.0 Å². The number of likely N-dealkylation sites (tertiary alicyclic amines) is 1. The van der Waals surface area contributed by atoms with Crippen molar-refractivity contribution in [1.82, 2.24) is 10.2 Å². The molecule has 0 spiro atoms. The van der Waals surface area contributed by atoms with Gasteiger partial charge in [-0.25, -0.2) is 0 Å². The van der Waals surface area contributed by atoms with Crippen molar-refractivity contribution in [2.75, 3.05) is 26.2 Å². The van der Waals surface area contributed by atoms with Crippen LogP contribution in [0.2, 0.25) is 5.02 Å². The van der Waals surface area contributed by atoms with E-state index in [2.05, 4.69) is 5.32 Å². The van der Waals surface area contributed by atoms with E-state index in [-0.39, 0.29) is 30.1 Å². The van der Waals surface area contributed by atoms with E-state index in [1.54, 1.807) is 17.0 Å². The van der Waals surface area contributed by atoms with Crippen molar-refractivity contribution in [3.63, 3.8) is 0 Å². The number of carbonyl (C=O) groups excluding carboxylic acids is 2. The monoisotopic (exact) mass is 359 g/mol. The number of carbonyl (C=O) groups is 2. The number of nitrogens with zero attached hydrogens (tertiary/aromatic N) is 1. The fourth-order valence-electron chi connectivity index (χ4n) is 2.71. The maximum absolute atomic E-state index is 12.7. The van der Waals surface area contributed by atoms with Crippen molar-refractivity contribution >= 4 is 35.8 Å². The molecule has 1 aliphatic heterocycles. The first-order chi connectivity index (χ1) is 10.5. The van der Waals surface area contributed by atoms with Gasteiger partial charge in [-0.05, 0) is 37.5 Å². The Hall–Kier alpha value is -1.30. The first-order valence-electron chi connectivity index (χ1n) is 7.56. The summed E-state index contributed by atoms with van der Waals surface area (Å²) in [5.41, 5.74) is 6.90.